The van der Waals surface area contributed by atoms with E-state index < -0.39 is 0 Å². The van der Waals surface area contributed by atoms with Gasteiger partial charge in [-0.05, 0) is 45.3 Å². The van der Waals surface area contributed by atoms with Crippen LogP contribution in [0.5, 0.6) is 0 Å². The fourth-order valence-corrected chi connectivity index (χ4v) is 2.44. The number of piperidine rings is 1. The number of carbonyl (C=O) groups excluding carboxylic acids is 1. The molecular formula is C13H22N4O. The molecule has 1 aromatic rings. The highest BCUT2D eigenvalue weighted by Crippen LogP contribution is 2.12. The Labute approximate surface area is 108 Å². The van der Waals surface area contributed by atoms with E-state index in [1.54, 1.807) is 4.68 Å². The molecule has 1 fully saturated rings. The third-order valence-corrected chi connectivity index (χ3v) is 3.54. The second kappa shape index (κ2) is 5.52. The molecule has 1 saturated heterocycles. The van der Waals surface area contributed by atoms with Crippen LogP contribution in [0.4, 0.5) is 0 Å². The van der Waals surface area contributed by atoms with Crippen LogP contribution in [0, 0.1) is 12.8 Å². The lowest BCUT2D eigenvalue weighted by Crippen LogP contribution is -2.48. The van der Waals surface area contributed by atoms with Gasteiger partial charge in [0.25, 0.3) is 5.91 Å². The zero-order valence-corrected chi connectivity index (χ0v) is 11.4. The molecule has 5 nitrogen and oxygen atoms in total. The van der Waals surface area contributed by atoms with Gasteiger partial charge in [-0.2, -0.15) is 5.10 Å². The highest BCUT2D eigenvalue weighted by Gasteiger charge is 2.24. The first-order valence-electron chi connectivity index (χ1n) is 6.67. The zero-order chi connectivity index (χ0) is 13.1. The number of hydrogen-bond acceptors (Lipinski definition) is 3. The van der Waals surface area contributed by atoms with Gasteiger partial charge >= 0.3 is 0 Å². The molecule has 2 rings (SSSR count). The summed E-state index contributed by atoms with van der Waals surface area (Å²) >= 11 is 0. The van der Waals surface area contributed by atoms with Crippen molar-refractivity contribution in [1.29, 1.82) is 0 Å². The molecule has 100 valence electrons. The normalized spacial score (nSPS) is 23.9. The first-order valence-corrected chi connectivity index (χ1v) is 6.67. The van der Waals surface area contributed by atoms with Crippen LogP contribution in [0.2, 0.25) is 0 Å². The minimum Gasteiger partial charge on any atom is -0.348 e. The van der Waals surface area contributed by atoms with Gasteiger partial charge in [0.2, 0.25) is 0 Å². The summed E-state index contributed by atoms with van der Waals surface area (Å²) in [6.07, 6.45) is 0.992. The smallest absolute Gasteiger partial charge is 0.269 e. The predicted molar refractivity (Wildman–Crippen MR) is 70.5 cm³/mol. The molecule has 18 heavy (non-hydrogen) atoms. The maximum Gasteiger partial charge on any atom is 0.269 e. The van der Waals surface area contributed by atoms with Crippen LogP contribution in [-0.4, -0.2) is 34.8 Å². The Kier molecular flexibility index (Phi) is 4.01. The van der Waals surface area contributed by atoms with Crippen molar-refractivity contribution in [2.75, 3.05) is 13.1 Å². The molecule has 2 heterocycles. The lowest BCUT2D eigenvalue weighted by atomic mass is 9.95. The highest BCUT2D eigenvalue weighted by molar-refractivity contribution is 5.92. The molecule has 1 aromatic heterocycles. The van der Waals surface area contributed by atoms with Gasteiger partial charge in [-0.3, -0.25) is 9.48 Å². The standard InChI is InChI=1S/C13H22N4O/c1-4-17-12(7-10(3)16-17)13(18)15-11-5-6-14-8-9(11)2/h7,9,11,14H,4-6,8H2,1-3H3,(H,15,18). The van der Waals surface area contributed by atoms with E-state index in [9.17, 15) is 4.79 Å². The number of carbonyl (C=O) groups is 1. The van der Waals surface area contributed by atoms with E-state index in [1.807, 2.05) is 19.9 Å². The summed E-state index contributed by atoms with van der Waals surface area (Å²) in [4.78, 5) is 12.3. The van der Waals surface area contributed by atoms with E-state index >= 15 is 0 Å². The molecule has 5 heteroatoms. The maximum absolute atomic E-state index is 12.3. The number of rotatable bonds is 3. The molecule has 1 amide bonds. The second-order valence-corrected chi connectivity index (χ2v) is 5.04. The van der Waals surface area contributed by atoms with Crippen molar-refractivity contribution in [3.8, 4) is 0 Å². The zero-order valence-electron chi connectivity index (χ0n) is 11.4. The van der Waals surface area contributed by atoms with Gasteiger partial charge in [-0.15, -0.1) is 0 Å². The van der Waals surface area contributed by atoms with Gasteiger partial charge in [0.05, 0.1) is 5.69 Å². The third kappa shape index (κ3) is 2.72. The van der Waals surface area contributed by atoms with Crippen molar-refractivity contribution in [3.05, 3.63) is 17.5 Å². The Balaban J connectivity index is 2.06. The second-order valence-electron chi connectivity index (χ2n) is 5.04. The van der Waals surface area contributed by atoms with E-state index in [0.717, 1.165) is 31.7 Å². The van der Waals surface area contributed by atoms with Crippen molar-refractivity contribution < 1.29 is 4.79 Å². The van der Waals surface area contributed by atoms with Crippen molar-refractivity contribution >= 4 is 5.91 Å². The molecule has 0 radical (unpaired) electrons. The summed E-state index contributed by atoms with van der Waals surface area (Å²) in [5, 5.41) is 10.8. The quantitative estimate of drug-likeness (QED) is 0.839. The lowest BCUT2D eigenvalue weighted by molar-refractivity contribution is 0.0903. The van der Waals surface area contributed by atoms with E-state index in [1.165, 1.54) is 0 Å². The molecule has 2 atom stereocenters. The third-order valence-electron chi connectivity index (χ3n) is 3.54. The van der Waals surface area contributed by atoms with Gasteiger partial charge in [0, 0.05) is 12.6 Å². The van der Waals surface area contributed by atoms with Crippen molar-refractivity contribution in [1.82, 2.24) is 20.4 Å². The van der Waals surface area contributed by atoms with Crippen LogP contribution < -0.4 is 10.6 Å². The van der Waals surface area contributed by atoms with E-state index in [2.05, 4.69) is 22.7 Å². The van der Waals surface area contributed by atoms with Crippen molar-refractivity contribution in [3.63, 3.8) is 0 Å². The number of aromatic nitrogens is 2. The van der Waals surface area contributed by atoms with E-state index in [-0.39, 0.29) is 11.9 Å². The Bertz CT molecular complexity index is 427. The van der Waals surface area contributed by atoms with Gasteiger partial charge < -0.3 is 10.6 Å². The highest BCUT2D eigenvalue weighted by atomic mass is 16.2. The molecule has 0 spiro atoms. The summed E-state index contributed by atoms with van der Waals surface area (Å²) in [6, 6.07) is 2.11. The fraction of sp³-hybridized carbons (Fsp3) is 0.692. The summed E-state index contributed by atoms with van der Waals surface area (Å²) in [6.45, 7) is 8.74. The Morgan fingerprint density at radius 2 is 2.44 bits per heavy atom. The summed E-state index contributed by atoms with van der Waals surface area (Å²) in [5.41, 5.74) is 1.56. The number of nitrogens with zero attached hydrogens (tertiary/aromatic N) is 2. The SMILES string of the molecule is CCn1nc(C)cc1C(=O)NC1CCNCC1C. The summed E-state index contributed by atoms with van der Waals surface area (Å²) < 4.78 is 1.76. The van der Waals surface area contributed by atoms with Crippen LogP contribution in [-0.2, 0) is 6.54 Å². The Morgan fingerprint density at radius 3 is 3.11 bits per heavy atom. The Morgan fingerprint density at radius 1 is 1.67 bits per heavy atom. The lowest BCUT2D eigenvalue weighted by Gasteiger charge is -2.30. The molecule has 2 N–H and O–H groups in total. The van der Waals surface area contributed by atoms with Crippen LogP contribution in [0.15, 0.2) is 6.07 Å². The van der Waals surface area contributed by atoms with E-state index in [0.29, 0.717) is 11.6 Å². The first-order chi connectivity index (χ1) is 8.61. The topological polar surface area (TPSA) is 59.0 Å². The summed E-state index contributed by atoms with van der Waals surface area (Å²) in [7, 11) is 0. The average Bonchev–Trinajstić information content (AvgIpc) is 2.73. The van der Waals surface area contributed by atoms with Gasteiger partial charge in [-0.1, -0.05) is 6.92 Å². The van der Waals surface area contributed by atoms with Gasteiger partial charge in [0.15, 0.2) is 0 Å². The molecule has 0 aliphatic carbocycles. The minimum atomic E-state index is -0.00352. The van der Waals surface area contributed by atoms with Crippen molar-refractivity contribution in [2.45, 2.75) is 39.8 Å². The minimum absolute atomic E-state index is 0.00352. The number of aryl methyl sites for hydroxylation is 2. The van der Waals surface area contributed by atoms with Crippen LogP contribution in [0.25, 0.3) is 0 Å². The first kappa shape index (κ1) is 13.1. The number of hydrogen-bond donors (Lipinski definition) is 2. The summed E-state index contributed by atoms with van der Waals surface area (Å²) in [5.74, 6) is 0.470. The van der Waals surface area contributed by atoms with E-state index in [4.69, 9.17) is 0 Å². The van der Waals surface area contributed by atoms with Gasteiger partial charge in [-0.25, -0.2) is 0 Å². The van der Waals surface area contributed by atoms with Crippen LogP contribution in [0.1, 0.15) is 36.5 Å². The number of amides is 1. The molecule has 0 saturated carbocycles. The number of nitrogens with one attached hydrogen (secondary N) is 2. The largest absolute Gasteiger partial charge is 0.348 e. The van der Waals surface area contributed by atoms with Gasteiger partial charge in [0.1, 0.15) is 5.69 Å². The molecule has 0 bridgehead atoms. The predicted octanol–water partition coefficient (Wildman–Crippen LogP) is 0.939. The molecular weight excluding hydrogens is 228 g/mol. The average molecular weight is 250 g/mol. The monoisotopic (exact) mass is 250 g/mol. The van der Waals surface area contributed by atoms with Crippen LogP contribution in [0.3, 0.4) is 0 Å². The maximum atomic E-state index is 12.3. The molecule has 1 aliphatic rings. The van der Waals surface area contributed by atoms with Crippen molar-refractivity contribution in [2.24, 2.45) is 5.92 Å². The fourth-order valence-electron chi connectivity index (χ4n) is 2.44. The van der Waals surface area contributed by atoms with Crippen LogP contribution >= 0.6 is 0 Å². The Hall–Kier alpha value is -1.36. The molecule has 0 aromatic carbocycles. The molecule has 1 aliphatic heterocycles. The molecule has 2 unspecified atom stereocenters.